The van der Waals surface area contributed by atoms with Gasteiger partial charge in [-0.1, -0.05) is 11.3 Å². The van der Waals surface area contributed by atoms with Gasteiger partial charge in [-0.15, -0.1) is 0 Å². The second kappa shape index (κ2) is 2.02. The van der Waals surface area contributed by atoms with Crippen LogP contribution in [0.1, 0.15) is 5.01 Å². The van der Waals surface area contributed by atoms with Gasteiger partial charge in [-0.05, 0) is 13.0 Å². The third-order valence-corrected chi connectivity index (χ3v) is 2.08. The van der Waals surface area contributed by atoms with E-state index >= 15 is 0 Å². The average molecular weight is 149 g/mol. The summed E-state index contributed by atoms with van der Waals surface area (Å²) in [5.74, 6) is 0. The van der Waals surface area contributed by atoms with E-state index in [1.54, 1.807) is 23.6 Å². The molecule has 0 spiro atoms. The highest BCUT2D eigenvalue weighted by Gasteiger charge is 1.97. The average Bonchev–Trinajstić information content (AvgIpc) is 2.27. The maximum atomic E-state index is 4.21. The number of thiazole rings is 1. The van der Waals surface area contributed by atoms with Crippen LogP contribution < -0.4 is 0 Å². The van der Waals surface area contributed by atoms with Crippen molar-refractivity contribution in [3.8, 4) is 0 Å². The van der Waals surface area contributed by atoms with Crippen LogP contribution in [0.25, 0.3) is 10.3 Å². The Balaban J connectivity index is 2.88. The zero-order valence-electron chi connectivity index (χ0n) is 5.46. The monoisotopic (exact) mass is 149 g/mol. The van der Waals surface area contributed by atoms with Crippen molar-refractivity contribution in [1.82, 2.24) is 9.97 Å². The van der Waals surface area contributed by atoms with Crippen LogP contribution in [0.2, 0.25) is 0 Å². The van der Waals surface area contributed by atoms with Crippen molar-refractivity contribution in [3.63, 3.8) is 0 Å². The fraction of sp³-hybridized carbons (Fsp3) is 0.143. The summed E-state index contributed by atoms with van der Waals surface area (Å²) in [5, 5.41) is 1.05. The molecule has 2 rings (SSSR count). The fourth-order valence-corrected chi connectivity index (χ4v) is 1.55. The summed E-state index contributed by atoms with van der Waals surface area (Å²) in [6.07, 6.45) is 1.74. The molecule has 1 radical (unpaired) electrons. The second-order valence-electron chi connectivity index (χ2n) is 1.98. The van der Waals surface area contributed by atoms with Crippen LogP contribution in [-0.4, -0.2) is 9.97 Å². The largest absolute Gasteiger partial charge is 0.244 e. The van der Waals surface area contributed by atoms with Crippen LogP contribution in [-0.2, 0) is 0 Å². The van der Waals surface area contributed by atoms with E-state index in [0.29, 0.717) is 0 Å². The summed E-state index contributed by atoms with van der Waals surface area (Å²) in [4.78, 5) is 9.31. The van der Waals surface area contributed by atoms with Crippen LogP contribution in [0.3, 0.4) is 0 Å². The Labute approximate surface area is 62.6 Å². The lowest BCUT2D eigenvalue weighted by Crippen LogP contribution is -1.70. The fourth-order valence-electron chi connectivity index (χ4n) is 0.819. The van der Waals surface area contributed by atoms with Crippen molar-refractivity contribution in [2.24, 2.45) is 0 Å². The third kappa shape index (κ3) is 0.789. The lowest BCUT2D eigenvalue weighted by molar-refractivity contribution is 1.33. The number of pyridine rings is 1. The molecule has 0 amide bonds. The summed E-state index contributed by atoms with van der Waals surface area (Å²) in [7, 11) is 0. The predicted octanol–water partition coefficient (Wildman–Crippen LogP) is 1.80. The molecule has 2 aromatic rings. The lowest BCUT2D eigenvalue weighted by Gasteiger charge is -1.79. The molecule has 0 fully saturated rings. The van der Waals surface area contributed by atoms with Crippen LogP contribution in [0.5, 0.6) is 0 Å². The molecule has 0 aliphatic rings. The maximum absolute atomic E-state index is 4.21. The second-order valence-corrected chi connectivity index (χ2v) is 3.16. The summed E-state index contributed by atoms with van der Waals surface area (Å²) >= 11 is 1.60. The molecule has 0 unspecified atom stereocenters. The first kappa shape index (κ1) is 5.80. The van der Waals surface area contributed by atoms with E-state index < -0.39 is 0 Å². The number of rotatable bonds is 0. The van der Waals surface area contributed by atoms with E-state index in [0.717, 1.165) is 15.4 Å². The van der Waals surface area contributed by atoms with E-state index in [1.165, 1.54) is 0 Å². The Morgan fingerprint density at radius 1 is 1.60 bits per heavy atom. The molecule has 0 aliphatic heterocycles. The maximum Gasteiger partial charge on any atom is 0.144 e. The minimum Gasteiger partial charge on any atom is -0.244 e. The third-order valence-electron chi connectivity index (χ3n) is 1.20. The quantitative estimate of drug-likeness (QED) is 0.570. The van der Waals surface area contributed by atoms with E-state index in [2.05, 4.69) is 16.0 Å². The van der Waals surface area contributed by atoms with Crippen molar-refractivity contribution >= 4 is 21.7 Å². The van der Waals surface area contributed by atoms with E-state index in [4.69, 9.17) is 0 Å². The molecule has 0 saturated carbocycles. The number of aromatic nitrogens is 2. The first-order valence-electron chi connectivity index (χ1n) is 2.96. The molecule has 0 aromatic carbocycles. The highest BCUT2D eigenvalue weighted by Crippen LogP contribution is 2.16. The molecule has 3 heteroatoms. The van der Waals surface area contributed by atoms with Crippen LogP contribution in [0.4, 0.5) is 0 Å². The zero-order chi connectivity index (χ0) is 6.97. The van der Waals surface area contributed by atoms with Gasteiger partial charge < -0.3 is 0 Å². The first-order chi connectivity index (χ1) is 4.86. The van der Waals surface area contributed by atoms with Crippen molar-refractivity contribution in [2.45, 2.75) is 6.92 Å². The van der Waals surface area contributed by atoms with Gasteiger partial charge in [0.05, 0.1) is 5.01 Å². The molecular formula is C7H5N2S. The molecule has 49 valence electrons. The minimum atomic E-state index is 0.880. The molecule has 0 saturated heterocycles. The molecule has 0 atom stereocenters. The van der Waals surface area contributed by atoms with E-state index in [-0.39, 0.29) is 0 Å². The summed E-state index contributed by atoms with van der Waals surface area (Å²) < 4.78 is 0. The Bertz CT molecular complexity index is 320. The molecule has 2 aromatic heterocycles. The number of aryl methyl sites for hydroxylation is 1. The Kier molecular flexibility index (Phi) is 1.17. The van der Waals surface area contributed by atoms with Gasteiger partial charge in [-0.25, -0.2) is 9.97 Å². The van der Waals surface area contributed by atoms with Crippen LogP contribution >= 0.6 is 11.3 Å². The molecule has 10 heavy (non-hydrogen) atoms. The molecule has 2 heterocycles. The number of hydrogen-bond acceptors (Lipinski definition) is 3. The zero-order valence-corrected chi connectivity index (χ0v) is 6.27. The van der Waals surface area contributed by atoms with Gasteiger partial charge in [-0.2, -0.15) is 0 Å². The lowest BCUT2D eigenvalue weighted by atomic mass is 10.5. The standard InChI is InChI=1S/C7H5N2S/c1-5-9-6-3-2-4-8-7(6)10-5/h2,4H,1H3. The number of fused-ring (bicyclic) bond motifs is 1. The number of hydrogen-bond donors (Lipinski definition) is 0. The Morgan fingerprint density at radius 3 is 3.30 bits per heavy atom. The van der Waals surface area contributed by atoms with Gasteiger partial charge in [-0.3, -0.25) is 0 Å². The summed E-state index contributed by atoms with van der Waals surface area (Å²) in [6.45, 7) is 1.97. The molecule has 0 aliphatic carbocycles. The van der Waals surface area contributed by atoms with Gasteiger partial charge in [0.1, 0.15) is 10.3 Å². The highest BCUT2D eigenvalue weighted by molar-refractivity contribution is 7.18. The van der Waals surface area contributed by atoms with Crippen molar-refractivity contribution < 1.29 is 0 Å². The Hall–Kier alpha value is -0.960. The van der Waals surface area contributed by atoms with E-state index in [1.807, 2.05) is 6.92 Å². The van der Waals surface area contributed by atoms with Crippen molar-refractivity contribution in [2.75, 3.05) is 0 Å². The first-order valence-corrected chi connectivity index (χ1v) is 3.78. The summed E-state index contributed by atoms with van der Waals surface area (Å²) in [6, 6.07) is 4.79. The SMILES string of the molecule is Cc1nc2[c]ccnc2s1. The minimum absolute atomic E-state index is 0.880. The van der Waals surface area contributed by atoms with Crippen molar-refractivity contribution in [3.05, 3.63) is 23.3 Å². The highest BCUT2D eigenvalue weighted by atomic mass is 32.1. The van der Waals surface area contributed by atoms with Gasteiger partial charge in [0.2, 0.25) is 0 Å². The van der Waals surface area contributed by atoms with E-state index in [9.17, 15) is 0 Å². The van der Waals surface area contributed by atoms with Gasteiger partial charge in [0.25, 0.3) is 0 Å². The van der Waals surface area contributed by atoms with Crippen LogP contribution in [0, 0.1) is 13.0 Å². The predicted molar refractivity (Wildman–Crippen MR) is 41.0 cm³/mol. The van der Waals surface area contributed by atoms with Crippen LogP contribution in [0.15, 0.2) is 12.3 Å². The molecule has 2 nitrogen and oxygen atoms in total. The van der Waals surface area contributed by atoms with Gasteiger partial charge >= 0.3 is 0 Å². The summed E-state index contributed by atoms with van der Waals surface area (Å²) in [5.41, 5.74) is 0.880. The number of nitrogens with zero attached hydrogens (tertiary/aromatic N) is 2. The topological polar surface area (TPSA) is 25.8 Å². The smallest absolute Gasteiger partial charge is 0.144 e. The molecular weight excluding hydrogens is 144 g/mol. The molecule has 0 bridgehead atoms. The van der Waals surface area contributed by atoms with Gasteiger partial charge in [0.15, 0.2) is 0 Å². The molecule has 0 N–H and O–H groups in total. The van der Waals surface area contributed by atoms with Gasteiger partial charge in [0, 0.05) is 12.3 Å². The Morgan fingerprint density at radius 2 is 2.50 bits per heavy atom. The van der Waals surface area contributed by atoms with Crippen molar-refractivity contribution in [1.29, 1.82) is 0 Å². The normalized spacial score (nSPS) is 10.5.